The van der Waals surface area contributed by atoms with Gasteiger partial charge in [0.15, 0.2) is 0 Å². The minimum absolute atomic E-state index is 0.0497. The molecule has 0 aliphatic heterocycles. The highest BCUT2D eigenvalue weighted by molar-refractivity contribution is 8.78. The second-order valence-corrected chi connectivity index (χ2v) is 13.5. The highest BCUT2D eigenvalue weighted by Gasteiger charge is 2.29. The zero-order chi connectivity index (χ0) is 30.6. The van der Waals surface area contributed by atoms with Gasteiger partial charge in [0.2, 0.25) is 6.41 Å². The van der Waals surface area contributed by atoms with Crippen LogP contribution in [0.2, 0.25) is 0 Å². The van der Waals surface area contributed by atoms with Gasteiger partial charge in [0, 0.05) is 60.8 Å². The first-order chi connectivity index (χ1) is 20.1. The normalized spacial score (nSPS) is 17.5. The van der Waals surface area contributed by atoms with Gasteiger partial charge in [0.05, 0.1) is 6.61 Å². The van der Waals surface area contributed by atoms with Crippen molar-refractivity contribution in [2.45, 2.75) is 89.5 Å². The number of benzene rings is 1. The molecule has 230 valence electrons. The first-order valence-corrected chi connectivity index (χ1v) is 16.4. The Bertz CT molecular complexity index is 1260. The summed E-state index contributed by atoms with van der Waals surface area (Å²) >= 11 is 0. The van der Waals surface area contributed by atoms with Gasteiger partial charge >= 0.3 is 11.9 Å². The van der Waals surface area contributed by atoms with E-state index < -0.39 is 0 Å². The minimum atomic E-state index is -0.364. The number of carbonyl (C=O) groups is 4. The maximum Gasteiger partial charge on any atom is 0.306 e. The molecule has 3 rings (SSSR count). The molecule has 1 aromatic carbocycles. The van der Waals surface area contributed by atoms with E-state index in [0.29, 0.717) is 47.5 Å². The van der Waals surface area contributed by atoms with Crippen molar-refractivity contribution in [2.24, 2.45) is 0 Å². The first-order valence-electron chi connectivity index (χ1n) is 14.1. The third-order valence-electron chi connectivity index (χ3n) is 7.10. The molecule has 0 unspecified atom stereocenters. The molecule has 0 spiro atoms. The van der Waals surface area contributed by atoms with Crippen LogP contribution in [0.15, 0.2) is 33.4 Å². The molecule has 11 nitrogen and oxygen atoms in total. The molecule has 1 aliphatic rings. The molecule has 1 saturated carbocycles. The summed E-state index contributed by atoms with van der Waals surface area (Å²) in [6, 6.07) is 5.14. The van der Waals surface area contributed by atoms with E-state index in [1.807, 2.05) is 6.92 Å². The van der Waals surface area contributed by atoms with Crippen LogP contribution in [0.1, 0.15) is 82.5 Å². The zero-order valence-corrected chi connectivity index (χ0v) is 26.5. The Morgan fingerprint density at radius 3 is 2.43 bits per heavy atom. The molecule has 1 heterocycles. The number of nitrogens with zero attached hydrogens (tertiary/aromatic N) is 4. The van der Waals surface area contributed by atoms with Gasteiger partial charge < -0.3 is 19.3 Å². The Morgan fingerprint density at radius 1 is 1.05 bits per heavy atom. The standard InChI is InChI=1S/C29H40N4O7S2/c1-19(2)41-42-26(20(3)32(4)18-34)15-16-38-27(35)7-6-8-28(36)39-23-12-10-22(11-13-23)33(5)29(37)21-9-14-24-25(17-21)31-40-30-24/h9,14,17-19,22-23H,6-8,10-13,15-16H2,1-5H3/b26-20-/t22-,23-. The molecule has 0 atom stereocenters. The fourth-order valence-corrected chi connectivity index (χ4v) is 6.78. The molecule has 0 saturated heterocycles. The number of hydrogen-bond acceptors (Lipinski definition) is 11. The number of ether oxygens (including phenoxy) is 2. The summed E-state index contributed by atoms with van der Waals surface area (Å²) in [5.41, 5.74) is 2.49. The molecular formula is C29H40N4O7S2. The van der Waals surface area contributed by atoms with Crippen LogP contribution < -0.4 is 0 Å². The second-order valence-electron chi connectivity index (χ2n) is 10.6. The van der Waals surface area contributed by atoms with Crippen LogP contribution in [0.4, 0.5) is 0 Å². The predicted octanol–water partition coefficient (Wildman–Crippen LogP) is 5.36. The van der Waals surface area contributed by atoms with E-state index in [4.69, 9.17) is 14.1 Å². The van der Waals surface area contributed by atoms with E-state index in [1.165, 1.54) is 4.90 Å². The Kier molecular flexibility index (Phi) is 13.2. The third kappa shape index (κ3) is 10.0. The quantitative estimate of drug-likeness (QED) is 0.145. The number of rotatable bonds is 15. The summed E-state index contributed by atoms with van der Waals surface area (Å²) in [6.07, 6.45) is 4.50. The lowest BCUT2D eigenvalue weighted by Crippen LogP contribution is -2.41. The Labute approximate surface area is 254 Å². The number of fused-ring (bicyclic) bond motifs is 1. The van der Waals surface area contributed by atoms with Crippen molar-refractivity contribution < 1.29 is 33.3 Å². The van der Waals surface area contributed by atoms with Gasteiger partial charge in [-0.1, -0.05) is 35.4 Å². The lowest BCUT2D eigenvalue weighted by Gasteiger charge is -2.34. The monoisotopic (exact) mass is 620 g/mol. The predicted molar refractivity (Wildman–Crippen MR) is 162 cm³/mol. The highest BCUT2D eigenvalue weighted by Crippen LogP contribution is 2.37. The van der Waals surface area contributed by atoms with Crippen molar-refractivity contribution in [1.29, 1.82) is 0 Å². The average Bonchev–Trinajstić information content (AvgIpc) is 3.45. The van der Waals surface area contributed by atoms with Gasteiger partial charge in [-0.3, -0.25) is 19.2 Å². The van der Waals surface area contributed by atoms with Crippen molar-refractivity contribution >= 4 is 56.9 Å². The average molecular weight is 621 g/mol. The Morgan fingerprint density at radius 2 is 1.74 bits per heavy atom. The van der Waals surface area contributed by atoms with Crippen LogP contribution >= 0.6 is 21.6 Å². The van der Waals surface area contributed by atoms with Crippen LogP contribution in [-0.2, 0) is 23.9 Å². The number of aromatic nitrogens is 2. The number of hydrogen-bond donors (Lipinski definition) is 0. The van der Waals surface area contributed by atoms with E-state index in [-0.39, 0.29) is 49.4 Å². The number of amides is 2. The van der Waals surface area contributed by atoms with Crippen molar-refractivity contribution in [3.63, 3.8) is 0 Å². The SMILES string of the molecule is C/C(=C(\CCOC(=O)CCCC(=O)O[C@H]1CC[C@H](N(C)C(=O)c2ccc3nonc3c2)CC1)SSC(C)C)N(C)C=O. The first kappa shape index (κ1) is 33.4. The van der Waals surface area contributed by atoms with Crippen molar-refractivity contribution in [1.82, 2.24) is 20.1 Å². The molecule has 0 bridgehead atoms. The molecule has 0 N–H and O–H groups in total. The molecule has 1 aliphatic carbocycles. The van der Waals surface area contributed by atoms with E-state index >= 15 is 0 Å². The highest BCUT2D eigenvalue weighted by atomic mass is 33.1. The molecular weight excluding hydrogens is 580 g/mol. The molecule has 0 radical (unpaired) electrons. The summed E-state index contributed by atoms with van der Waals surface area (Å²) in [6.45, 7) is 6.26. The van der Waals surface area contributed by atoms with E-state index in [2.05, 4.69) is 24.2 Å². The van der Waals surface area contributed by atoms with Gasteiger partial charge in [-0.05, 0) is 67.5 Å². The smallest absolute Gasteiger partial charge is 0.306 e. The zero-order valence-electron chi connectivity index (χ0n) is 24.9. The Hall–Kier alpha value is -3.06. The van der Waals surface area contributed by atoms with Crippen LogP contribution in [0.3, 0.4) is 0 Å². The fourth-order valence-electron chi connectivity index (χ4n) is 4.50. The largest absolute Gasteiger partial charge is 0.465 e. The van der Waals surface area contributed by atoms with Crippen molar-refractivity contribution in [2.75, 3.05) is 20.7 Å². The van der Waals surface area contributed by atoms with Gasteiger partial charge in [0.25, 0.3) is 5.91 Å². The van der Waals surface area contributed by atoms with Crippen LogP contribution in [0.5, 0.6) is 0 Å². The van der Waals surface area contributed by atoms with E-state index in [1.54, 1.807) is 58.8 Å². The Balaban J connectivity index is 1.33. The van der Waals surface area contributed by atoms with Crippen LogP contribution in [0.25, 0.3) is 11.0 Å². The van der Waals surface area contributed by atoms with Gasteiger partial charge in [-0.15, -0.1) is 0 Å². The van der Waals surface area contributed by atoms with Gasteiger partial charge in [-0.2, -0.15) is 0 Å². The van der Waals surface area contributed by atoms with Gasteiger partial charge in [0.1, 0.15) is 17.1 Å². The van der Waals surface area contributed by atoms with Crippen molar-refractivity contribution in [3.05, 3.63) is 34.4 Å². The minimum Gasteiger partial charge on any atom is -0.465 e. The number of esters is 2. The maximum absolute atomic E-state index is 13.0. The molecule has 42 heavy (non-hydrogen) atoms. The summed E-state index contributed by atoms with van der Waals surface area (Å²) in [5.74, 6) is -0.793. The fraction of sp³-hybridized carbons (Fsp3) is 0.586. The summed E-state index contributed by atoms with van der Waals surface area (Å²) in [4.78, 5) is 52.9. The van der Waals surface area contributed by atoms with Gasteiger partial charge in [-0.25, -0.2) is 4.63 Å². The number of carbonyl (C=O) groups excluding carboxylic acids is 4. The van der Waals surface area contributed by atoms with Crippen LogP contribution in [-0.4, -0.2) is 82.5 Å². The summed E-state index contributed by atoms with van der Waals surface area (Å²) < 4.78 is 15.7. The topological polar surface area (TPSA) is 132 Å². The van der Waals surface area contributed by atoms with Crippen molar-refractivity contribution in [3.8, 4) is 0 Å². The van der Waals surface area contributed by atoms with E-state index in [0.717, 1.165) is 29.9 Å². The lowest BCUT2D eigenvalue weighted by molar-refractivity contribution is -0.151. The molecule has 13 heteroatoms. The number of allylic oxidation sites excluding steroid dienone is 1. The molecule has 2 amide bonds. The molecule has 1 fully saturated rings. The summed E-state index contributed by atoms with van der Waals surface area (Å²) in [7, 11) is 6.76. The van der Waals surface area contributed by atoms with E-state index in [9.17, 15) is 19.2 Å². The summed E-state index contributed by atoms with van der Waals surface area (Å²) in [5, 5.41) is 7.97. The molecule has 2 aromatic rings. The van der Waals surface area contributed by atoms with Crippen LogP contribution in [0, 0.1) is 0 Å². The third-order valence-corrected chi connectivity index (χ3v) is 10.3. The second kappa shape index (κ2) is 16.5. The molecule has 1 aromatic heterocycles. The maximum atomic E-state index is 13.0. The lowest BCUT2D eigenvalue weighted by atomic mass is 9.91.